The third kappa shape index (κ3) is 3.22. The Labute approximate surface area is 124 Å². The normalized spacial score (nSPS) is 27.6. The maximum Gasteiger partial charge on any atom is 0.261 e. The molecule has 2 unspecified atom stereocenters. The van der Waals surface area contributed by atoms with Crippen LogP contribution in [0.25, 0.3) is 0 Å². The lowest BCUT2D eigenvalue weighted by molar-refractivity contribution is 0.0175. The Hall–Kier alpha value is -0.910. The van der Waals surface area contributed by atoms with E-state index in [9.17, 15) is 4.79 Å². The number of nitrogens with one attached hydrogen (secondary N) is 1. The van der Waals surface area contributed by atoms with Gasteiger partial charge in [0.05, 0.1) is 18.1 Å². The number of carbonyl (C=O) groups is 1. The fourth-order valence-corrected chi connectivity index (χ4v) is 3.95. The van der Waals surface area contributed by atoms with Crippen molar-refractivity contribution in [3.8, 4) is 0 Å². The topological polar surface area (TPSA) is 41.6 Å². The lowest BCUT2D eigenvalue weighted by Gasteiger charge is -2.32. The van der Waals surface area contributed by atoms with E-state index in [-0.39, 0.29) is 5.91 Å². The second-order valence-electron chi connectivity index (χ2n) is 5.70. The van der Waals surface area contributed by atoms with Crippen LogP contribution in [0.5, 0.6) is 0 Å². The van der Waals surface area contributed by atoms with Gasteiger partial charge in [0.1, 0.15) is 0 Å². The summed E-state index contributed by atoms with van der Waals surface area (Å²) >= 11 is 1.57. The smallest absolute Gasteiger partial charge is 0.261 e. The van der Waals surface area contributed by atoms with Crippen LogP contribution in [0.3, 0.4) is 0 Å². The number of rotatable bonds is 3. The maximum absolute atomic E-state index is 12.2. The van der Waals surface area contributed by atoms with Gasteiger partial charge in [0.15, 0.2) is 0 Å². The van der Waals surface area contributed by atoms with E-state index in [0.717, 1.165) is 44.0 Å². The van der Waals surface area contributed by atoms with Crippen molar-refractivity contribution in [1.82, 2.24) is 10.2 Å². The molecule has 3 rings (SSSR count). The van der Waals surface area contributed by atoms with Gasteiger partial charge in [0.25, 0.3) is 5.91 Å². The van der Waals surface area contributed by atoms with Crippen molar-refractivity contribution in [2.24, 2.45) is 0 Å². The van der Waals surface area contributed by atoms with E-state index >= 15 is 0 Å². The molecule has 2 heterocycles. The van der Waals surface area contributed by atoms with Gasteiger partial charge in [-0.05, 0) is 38.3 Å². The first-order chi connectivity index (χ1) is 9.72. The first kappa shape index (κ1) is 14.0. The first-order valence-electron chi connectivity index (χ1n) is 7.41. The Morgan fingerprint density at radius 2 is 2.15 bits per heavy atom. The molecular formula is C15H22N2O2S. The number of morpholine rings is 1. The van der Waals surface area contributed by atoms with Gasteiger partial charge in [0, 0.05) is 30.1 Å². The number of carbonyl (C=O) groups excluding carboxylic acids is 1. The highest BCUT2D eigenvalue weighted by Gasteiger charge is 2.31. The van der Waals surface area contributed by atoms with Gasteiger partial charge >= 0.3 is 0 Å². The molecule has 110 valence electrons. The molecule has 1 aliphatic heterocycles. The van der Waals surface area contributed by atoms with Gasteiger partial charge in [-0.15, -0.1) is 11.3 Å². The van der Waals surface area contributed by atoms with Crippen LogP contribution in [0, 0.1) is 6.92 Å². The molecule has 4 nitrogen and oxygen atoms in total. The fraction of sp³-hybridized carbons (Fsp3) is 0.667. The average Bonchev–Trinajstić information content (AvgIpc) is 3.09. The SMILES string of the molecule is Cc1ccc(C(=O)NC2CCC(N3CCOCC3)C2)s1. The molecular weight excluding hydrogens is 272 g/mol. The molecule has 0 bridgehead atoms. The van der Waals surface area contributed by atoms with E-state index in [4.69, 9.17) is 4.74 Å². The molecule has 1 aromatic heterocycles. The molecule has 1 aliphatic carbocycles. The number of aryl methyl sites for hydroxylation is 1. The van der Waals surface area contributed by atoms with Crippen LogP contribution in [0.2, 0.25) is 0 Å². The van der Waals surface area contributed by atoms with E-state index in [1.807, 2.05) is 19.1 Å². The highest BCUT2D eigenvalue weighted by atomic mass is 32.1. The molecule has 2 atom stereocenters. The Morgan fingerprint density at radius 1 is 1.35 bits per heavy atom. The predicted octanol–water partition coefficient (Wildman–Crippen LogP) is 2.04. The largest absolute Gasteiger partial charge is 0.379 e. The van der Waals surface area contributed by atoms with E-state index in [1.165, 1.54) is 11.3 Å². The monoisotopic (exact) mass is 294 g/mol. The molecule has 1 saturated heterocycles. The number of amides is 1. The van der Waals surface area contributed by atoms with Crippen molar-refractivity contribution in [1.29, 1.82) is 0 Å². The van der Waals surface area contributed by atoms with Crippen molar-refractivity contribution in [3.05, 3.63) is 21.9 Å². The zero-order valence-corrected chi connectivity index (χ0v) is 12.7. The second-order valence-corrected chi connectivity index (χ2v) is 6.98. The minimum atomic E-state index is 0.0933. The molecule has 20 heavy (non-hydrogen) atoms. The number of hydrogen-bond acceptors (Lipinski definition) is 4. The number of hydrogen-bond donors (Lipinski definition) is 1. The summed E-state index contributed by atoms with van der Waals surface area (Å²) in [5.41, 5.74) is 0. The third-order valence-electron chi connectivity index (χ3n) is 4.27. The van der Waals surface area contributed by atoms with Crippen LogP contribution in [-0.2, 0) is 4.74 Å². The van der Waals surface area contributed by atoms with Crippen LogP contribution >= 0.6 is 11.3 Å². The van der Waals surface area contributed by atoms with Crippen LogP contribution in [0.15, 0.2) is 12.1 Å². The molecule has 5 heteroatoms. The van der Waals surface area contributed by atoms with Gasteiger partial charge in [-0.1, -0.05) is 0 Å². The maximum atomic E-state index is 12.2. The average molecular weight is 294 g/mol. The van der Waals surface area contributed by atoms with Crippen molar-refractivity contribution >= 4 is 17.2 Å². The van der Waals surface area contributed by atoms with Crippen molar-refractivity contribution < 1.29 is 9.53 Å². The molecule has 1 amide bonds. The van der Waals surface area contributed by atoms with Crippen LogP contribution in [0.4, 0.5) is 0 Å². The van der Waals surface area contributed by atoms with Gasteiger partial charge in [0.2, 0.25) is 0 Å². The molecule has 0 aromatic carbocycles. The zero-order valence-electron chi connectivity index (χ0n) is 11.9. The predicted molar refractivity (Wildman–Crippen MR) is 80.3 cm³/mol. The van der Waals surface area contributed by atoms with Gasteiger partial charge in [-0.3, -0.25) is 9.69 Å². The summed E-state index contributed by atoms with van der Waals surface area (Å²) in [6.07, 6.45) is 3.36. The lowest BCUT2D eigenvalue weighted by Crippen LogP contribution is -2.43. The van der Waals surface area contributed by atoms with Gasteiger partial charge in [-0.2, -0.15) is 0 Å². The summed E-state index contributed by atoms with van der Waals surface area (Å²) in [7, 11) is 0. The molecule has 0 radical (unpaired) electrons. The Kier molecular flexibility index (Phi) is 4.38. The highest BCUT2D eigenvalue weighted by molar-refractivity contribution is 7.13. The quantitative estimate of drug-likeness (QED) is 0.927. The summed E-state index contributed by atoms with van der Waals surface area (Å²) < 4.78 is 5.40. The number of thiophene rings is 1. The fourth-order valence-electron chi connectivity index (χ4n) is 3.18. The molecule has 1 saturated carbocycles. The standard InChI is InChI=1S/C15H22N2O2S/c1-11-2-5-14(20-11)15(18)16-12-3-4-13(10-12)17-6-8-19-9-7-17/h2,5,12-13H,3-4,6-10H2,1H3,(H,16,18). The summed E-state index contributed by atoms with van der Waals surface area (Å²) in [5.74, 6) is 0.0933. The first-order valence-corrected chi connectivity index (χ1v) is 8.23. The van der Waals surface area contributed by atoms with Crippen LogP contribution in [0.1, 0.15) is 33.8 Å². The highest BCUT2D eigenvalue weighted by Crippen LogP contribution is 2.25. The van der Waals surface area contributed by atoms with Gasteiger partial charge < -0.3 is 10.1 Å². The molecule has 2 aliphatic rings. The zero-order chi connectivity index (χ0) is 13.9. The summed E-state index contributed by atoms with van der Waals surface area (Å²) in [6, 6.07) is 4.88. The molecule has 0 spiro atoms. The Balaban J connectivity index is 1.51. The van der Waals surface area contributed by atoms with E-state index in [2.05, 4.69) is 10.2 Å². The molecule has 2 fully saturated rings. The van der Waals surface area contributed by atoms with Crippen LogP contribution in [-0.4, -0.2) is 49.2 Å². The summed E-state index contributed by atoms with van der Waals surface area (Å²) in [4.78, 5) is 16.7. The summed E-state index contributed by atoms with van der Waals surface area (Å²) in [6.45, 7) is 5.81. The third-order valence-corrected chi connectivity index (χ3v) is 5.27. The number of nitrogens with zero attached hydrogens (tertiary/aromatic N) is 1. The van der Waals surface area contributed by atoms with Gasteiger partial charge in [-0.25, -0.2) is 0 Å². The van der Waals surface area contributed by atoms with E-state index in [1.54, 1.807) is 11.3 Å². The van der Waals surface area contributed by atoms with E-state index in [0.29, 0.717) is 12.1 Å². The molecule has 1 N–H and O–H groups in total. The Morgan fingerprint density at radius 3 is 2.85 bits per heavy atom. The van der Waals surface area contributed by atoms with Crippen molar-refractivity contribution in [2.45, 2.75) is 38.3 Å². The van der Waals surface area contributed by atoms with Crippen LogP contribution < -0.4 is 5.32 Å². The lowest BCUT2D eigenvalue weighted by atomic mass is 10.2. The Bertz CT molecular complexity index is 468. The second kappa shape index (κ2) is 6.24. The van der Waals surface area contributed by atoms with Crippen molar-refractivity contribution in [2.75, 3.05) is 26.3 Å². The number of ether oxygens (including phenoxy) is 1. The minimum absolute atomic E-state index is 0.0933. The van der Waals surface area contributed by atoms with Crippen molar-refractivity contribution in [3.63, 3.8) is 0 Å². The molecule has 1 aromatic rings. The minimum Gasteiger partial charge on any atom is -0.379 e. The van der Waals surface area contributed by atoms with E-state index < -0.39 is 0 Å². The summed E-state index contributed by atoms with van der Waals surface area (Å²) in [5, 5.41) is 3.19.